The highest BCUT2D eigenvalue weighted by Crippen LogP contribution is 2.41. The lowest BCUT2D eigenvalue weighted by Gasteiger charge is -2.31. The number of nitrogens with zero attached hydrogens (tertiary/aromatic N) is 5. The van der Waals surface area contributed by atoms with E-state index >= 15 is 0 Å². The number of halogens is 5. The van der Waals surface area contributed by atoms with Crippen molar-refractivity contribution in [3.8, 4) is 0 Å². The lowest BCUT2D eigenvalue weighted by molar-refractivity contribution is -0.139. The first-order chi connectivity index (χ1) is 67.5. The van der Waals surface area contributed by atoms with Crippen molar-refractivity contribution in [3.63, 3.8) is 0 Å². The van der Waals surface area contributed by atoms with Crippen molar-refractivity contribution in [2.24, 2.45) is 29.4 Å². The van der Waals surface area contributed by atoms with Gasteiger partial charge in [-0.05, 0) is 318 Å². The lowest BCUT2D eigenvalue weighted by Crippen LogP contribution is -2.53. The second-order valence-electron chi connectivity index (χ2n) is 42.5. The predicted octanol–water partition coefficient (Wildman–Crippen LogP) is 26.5. The number of benzene rings is 6. The molecule has 7 amide bonds. The van der Waals surface area contributed by atoms with Crippen molar-refractivity contribution in [3.05, 3.63) is 209 Å². The van der Waals surface area contributed by atoms with Gasteiger partial charge in [0.05, 0.1) is 12.3 Å². The standard InChI is InChI=1S/C23H31BrN2O4.C22H29BrN2O3.C18H23BrN2O2.C18H22BrNO3.C18H23NO3.C13H14BrNO/c1-14(2)19(25-22(28)30-23(3,4)5)21(27)26-12-8-9-15(26)13-17-16-10-6-7-11-18(16)29-20(17)24;1-13(2)19(24-21(26)14(3)4)22(27)25-11-7-8-15(25)12-17-16-9-5-6-10-18(16)28-20(17)23;1-11(2)16(20)18(22)21-9-5-6-12(21)10-14-13-7-3-4-8-15(13)23-17(14)19;1-18(2,3)23-17(21)20-10-6-7-12(20)11-14-13-8-4-5-9-15(13)22-16(14)19;1-18(2,3)22-17(20)19-10-6-7-14(19)11-13-12-21-16-9-5-4-8-15(13)16;14-13-11(8-9-4-3-7-15-9)10-5-1-2-6-12(10)16-13/h6-7,10-11,14-15,19H,8-9,12-13H2,1-5H3,(H,25,28);5-6,9-10,13-15,19H,7-8,11-12H2,1-4H3,(H,24,26);3-4,7-8,11-12,16H,5-6,9-10,20H2,1-2H3;4-5,8-9,12H,6-7,10-11H2,1-3H3;4-5,8-9,12,14H,6-7,10-11H2,1-3H3;1-2,5-6,9,15H,3-4,7-8H2/t2*15-,19-;12-,16-;12-;14-;9-/m000000/s1. The second kappa shape index (κ2) is 49.2. The summed E-state index contributed by atoms with van der Waals surface area (Å²) < 4.78 is 54.8. The number of nitrogens with two attached hydrogens (primary N) is 1. The van der Waals surface area contributed by atoms with Crippen LogP contribution in [0.25, 0.3) is 65.8 Å². The Morgan fingerprint density at radius 3 is 0.979 bits per heavy atom. The van der Waals surface area contributed by atoms with Gasteiger partial charge in [-0.3, -0.25) is 19.2 Å². The van der Waals surface area contributed by atoms with Gasteiger partial charge < -0.3 is 86.9 Å². The zero-order valence-corrected chi connectivity index (χ0v) is 93.1. The van der Waals surface area contributed by atoms with Crippen LogP contribution in [0.5, 0.6) is 0 Å². The van der Waals surface area contributed by atoms with Gasteiger partial charge in [-0.2, -0.15) is 0 Å². The molecule has 12 heterocycles. The molecule has 0 unspecified atom stereocenters. The van der Waals surface area contributed by atoms with E-state index in [1.165, 1.54) is 23.8 Å². The summed E-state index contributed by atoms with van der Waals surface area (Å²) in [7, 11) is 0. The van der Waals surface area contributed by atoms with E-state index in [1.54, 1.807) is 0 Å². The molecule has 12 aromatic rings. The van der Waals surface area contributed by atoms with Crippen molar-refractivity contribution in [2.75, 3.05) is 39.3 Å². The fourth-order valence-corrected chi connectivity index (χ4v) is 22.5. The number of hydrogen-bond donors (Lipinski definition) is 4. The van der Waals surface area contributed by atoms with E-state index in [2.05, 4.69) is 132 Å². The molecule has 30 heteroatoms. The van der Waals surface area contributed by atoms with Crippen LogP contribution in [0, 0.1) is 23.7 Å². The van der Waals surface area contributed by atoms with Gasteiger partial charge in [-0.15, -0.1) is 0 Å². The Hall–Kier alpha value is -9.43. The number of ether oxygens (including phenoxy) is 3. The van der Waals surface area contributed by atoms with Gasteiger partial charge >= 0.3 is 18.3 Å². The van der Waals surface area contributed by atoms with Crippen molar-refractivity contribution in [1.29, 1.82) is 0 Å². The fourth-order valence-electron chi connectivity index (χ4n) is 19.7. The summed E-state index contributed by atoms with van der Waals surface area (Å²) in [5.74, 6) is -0.0249. The highest BCUT2D eigenvalue weighted by atomic mass is 79.9. The van der Waals surface area contributed by atoms with E-state index in [0.29, 0.717) is 19.0 Å². The van der Waals surface area contributed by atoms with E-state index in [4.69, 9.17) is 46.4 Å². The van der Waals surface area contributed by atoms with Crippen LogP contribution >= 0.6 is 79.6 Å². The Morgan fingerprint density at radius 1 is 0.366 bits per heavy atom. The van der Waals surface area contributed by atoms with Gasteiger partial charge in [-0.25, -0.2) is 14.4 Å². The van der Waals surface area contributed by atoms with E-state index in [0.717, 1.165) is 241 Å². The third-order valence-corrected chi connectivity index (χ3v) is 30.2. The predicted molar refractivity (Wildman–Crippen MR) is 578 cm³/mol. The average Bonchev–Trinajstić information content (AvgIpc) is 1.59. The van der Waals surface area contributed by atoms with Crippen LogP contribution in [0.4, 0.5) is 14.4 Å². The third-order valence-electron chi connectivity index (χ3n) is 27.0. The number of para-hydroxylation sites is 6. The Kier molecular flexibility index (Phi) is 38.0. The molecule has 0 radical (unpaired) electrons. The first-order valence-electron chi connectivity index (χ1n) is 50.4. The minimum Gasteiger partial charge on any atom is -0.464 e. The molecule has 0 saturated carbocycles. The van der Waals surface area contributed by atoms with Crippen LogP contribution in [0.1, 0.15) is 228 Å². The third kappa shape index (κ3) is 28.5. The monoisotopic (exact) mass is 2260 g/mol. The first-order valence-corrected chi connectivity index (χ1v) is 54.4. The smallest absolute Gasteiger partial charge is 0.410 e. The van der Waals surface area contributed by atoms with Crippen molar-refractivity contribution in [1.82, 2.24) is 40.4 Å². The van der Waals surface area contributed by atoms with Crippen molar-refractivity contribution >= 4 is 187 Å². The molecule has 6 aromatic heterocycles. The summed E-state index contributed by atoms with van der Waals surface area (Å²) in [6, 6.07) is 48.0. The van der Waals surface area contributed by atoms with Crippen molar-refractivity contribution < 1.29 is 74.3 Å². The number of furan rings is 6. The van der Waals surface area contributed by atoms with E-state index in [9.17, 15) is 33.6 Å². The minimum absolute atomic E-state index is 0.0235. The molecule has 766 valence electrons. The molecule has 0 spiro atoms. The van der Waals surface area contributed by atoms with Crippen LogP contribution in [-0.4, -0.2) is 177 Å². The first kappa shape index (κ1) is 110. The largest absolute Gasteiger partial charge is 0.464 e. The maximum atomic E-state index is 13.4. The van der Waals surface area contributed by atoms with Gasteiger partial charge in [-0.1, -0.05) is 165 Å². The number of hydrogen-bond acceptors (Lipinski definition) is 18. The molecule has 6 aliphatic rings. The van der Waals surface area contributed by atoms with Gasteiger partial charge in [0.2, 0.25) is 23.6 Å². The van der Waals surface area contributed by atoms with Crippen LogP contribution in [0.3, 0.4) is 0 Å². The summed E-state index contributed by atoms with van der Waals surface area (Å²) in [5, 5.41) is 16.0. The Bertz CT molecular complexity index is 6300. The lowest BCUT2D eigenvalue weighted by atomic mass is 9.99. The molecule has 6 aliphatic heterocycles. The van der Waals surface area contributed by atoms with E-state index in [1.807, 2.05) is 258 Å². The van der Waals surface area contributed by atoms with Gasteiger partial charge in [0, 0.05) is 141 Å². The summed E-state index contributed by atoms with van der Waals surface area (Å²) in [6.07, 6.45) is 18.2. The topological polar surface area (TPSA) is 304 Å². The number of fused-ring (bicyclic) bond motifs is 6. The maximum absolute atomic E-state index is 13.4. The molecule has 0 bridgehead atoms. The van der Waals surface area contributed by atoms with Crippen LogP contribution in [-0.2, 0) is 71.9 Å². The summed E-state index contributed by atoms with van der Waals surface area (Å²) in [6.45, 7) is 37.2. The molecular formula is C112H142Br5N9O16. The van der Waals surface area contributed by atoms with Crippen molar-refractivity contribution in [2.45, 2.75) is 304 Å². The second-order valence-corrected chi connectivity index (χ2v) is 46.1. The minimum atomic E-state index is -0.620. The van der Waals surface area contributed by atoms with Gasteiger partial charge in [0.15, 0.2) is 23.3 Å². The number of carbonyl (C=O) groups is 7. The summed E-state index contributed by atoms with van der Waals surface area (Å²) in [4.78, 5) is 98.2. The number of nitrogens with one attached hydrogen (secondary N) is 3. The fraction of sp³-hybridized carbons (Fsp3) is 0.509. The number of likely N-dealkylation sites (tertiary alicyclic amines) is 5. The maximum Gasteiger partial charge on any atom is 0.410 e. The van der Waals surface area contributed by atoms with Gasteiger partial charge in [0.25, 0.3) is 0 Å². The number of alkyl carbamates (subject to hydrolysis) is 1. The molecule has 142 heavy (non-hydrogen) atoms. The molecule has 9 atom stereocenters. The highest BCUT2D eigenvalue weighted by molar-refractivity contribution is 9.11. The molecule has 5 N–H and O–H groups in total. The van der Waals surface area contributed by atoms with E-state index in [-0.39, 0.29) is 89.7 Å². The molecule has 18 rings (SSSR count). The Morgan fingerprint density at radius 2 is 0.662 bits per heavy atom. The Balaban J connectivity index is 0.000000144. The Labute approximate surface area is 877 Å². The molecule has 6 fully saturated rings. The summed E-state index contributed by atoms with van der Waals surface area (Å²) >= 11 is 17.7. The molecule has 6 aromatic carbocycles. The normalized spacial score (nSPS) is 18.9. The molecule has 6 saturated heterocycles. The van der Waals surface area contributed by atoms with Gasteiger partial charge in [0.1, 0.15) is 62.4 Å². The quantitative estimate of drug-likeness (QED) is 0.0486. The molecule has 0 aliphatic carbocycles. The average molecular weight is 2270 g/mol. The zero-order chi connectivity index (χ0) is 102. The highest BCUT2D eigenvalue weighted by Gasteiger charge is 2.42. The zero-order valence-electron chi connectivity index (χ0n) is 85.1. The van der Waals surface area contributed by atoms with Crippen LogP contribution < -0.4 is 21.7 Å². The SMILES string of the molecule is Brc1oc2ccccc2c1C[C@@H]1CCCN1.CC(C)(C)OC(=O)N1CCC[C@H]1Cc1c(Br)oc2ccccc12.CC(C)(C)OC(=O)N1CCC[C@H]1Cc1coc2ccccc12.CC(C)C(=O)N[C@H](C(=O)N1CCC[C@H]1Cc1c(Br)oc2ccccc12)C(C)C.CC(C)[C@H](N)C(=O)N1CCC[C@H]1Cc1c(Br)oc2ccccc12.CC(C)[C@H](NC(=O)OC(C)(C)C)C(=O)N1CCC[C@H]1Cc1c(Br)oc2ccccc12. The number of rotatable bonds is 21. The number of carbonyl (C=O) groups excluding carboxylic acids is 7. The molecule has 25 nitrogen and oxygen atoms in total. The van der Waals surface area contributed by atoms with E-state index < -0.39 is 41.0 Å². The van der Waals surface area contributed by atoms with Crippen LogP contribution in [0.2, 0.25) is 0 Å². The number of amides is 7. The molecular weight excluding hydrogens is 2130 g/mol. The van der Waals surface area contributed by atoms with Crippen LogP contribution in [0.15, 0.2) is 202 Å². The summed E-state index contributed by atoms with van der Waals surface area (Å²) in [5.41, 5.74) is 16.8.